The first-order chi connectivity index (χ1) is 12.3. The van der Waals surface area contributed by atoms with Crippen LogP contribution in [0.1, 0.15) is 31.1 Å². The number of carbonyl (C=O) groups excluding carboxylic acids is 2. The quantitative estimate of drug-likeness (QED) is 0.732. The van der Waals surface area contributed by atoms with Crippen molar-refractivity contribution in [2.75, 3.05) is 18.1 Å². The predicted molar refractivity (Wildman–Crippen MR) is 101 cm³/mol. The van der Waals surface area contributed by atoms with E-state index in [4.69, 9.17) is 11.6 Å². The van der Waals surface area contributed by atoms with Crippen LogP contribution in [0.5, 0.6) is 0 Å². The van der Waals surface area contributed by atoms with Gasteiger partial charge in [0.15, 0.2) is 9.84 Å². The van der Waals surface area contributed by atoms with Gasteiger partial charge in [-0.25, -0.2) is 13.4 Å². The minimum absolute atomic E-state index is 0.0560. The number of hydrogen-bond acceptors (Lipinski definition) is 6. The summed E-state index contributed by atoms with van der Waals surface area (Å²) in [6, 6.07) is 3.20. The Morgan fingerprint density at radius 2 is 2.19 bits per heavy atom. The lowest BCUT2D eigenvalue weighted by atomic mass is 10.1. The molecular formula is C16H20ClN3O4S2. The van der Waals surface area contributed by atoms with E-state index < -0.39 is 15.9 Å². The van der Waals surface area contributed by atoms with Crippen LogP contribution in [0, 0.1) is 0 Å². The van der Waals surface area contributed by atoms with Crippen molar-refractivity contribution in [2.45, 2.75) is 38.8 Å². The summed E-state index contributed by atoms with van der Waals surface area (Å²) < 4.78 is 24.1. The number of halogens is 1. The lowest BCUT2D eigenvalue weighted by Gasteiger charge is -2.29. The standard InChI is InChI=1S/C16H20ClN3O4S2/c1-2-19(9-12-3-5-14(17)25-12)16(22)13-4-6-15(21)20(18-13)11-7-8-26(23,24)10-11/h3,5,11H,2,4,6-10H2,1H3. The molecule has 0 saturated carbocycles. The summed E-state index contributed by atoms with van der Waals surface area (Å²) >= 11 is 7.36. The third kappa shape index (κ3) is 4.27. The first-order valence-corrected chi connectivity index (χ1v) is 11.4. The third-order valence-electron chi connectivity index (χ3n) is 4.51. The number of rotatable bonds is 5. The number of hydrazone groups is 1. The molecule has 0 radical (unpaired) electrons. The van der Waals surface area contributed by atoms with Crippen LogP contribution in [-0.2, 0) is 26.0 Å². The maximum Gasteiger partial charge on any atom is 0.270 e. The molecule has 0 N–H and O–H groups in total. The fraction of sp³-hybridized carbons (Fsp3) is 0.562. The lowest BCUT2D eigenvalue weighted by Crippen LogP contribution is -2.44. The molecule has 3 rings (SSSR count). The minimum atomic E-state index is -3.13. The zero-order valence-corrected chi connectivity index (χ0v) is 16.7. The molecular weight excluding hydrogens is 398 g/mol. The second-order valence-electron chi connectivity index (χ2n) is 6.37. The van der Waals surface area contributed by atoms with E-state index in [2.05, 4.69) is 5.10 Å². The molecule has 1 aromatic rings. The Hall–Kier alpha value is -1.45. The van der Waals surface area contributed by atoms with Crippen molar-refractivity contribution in [3.63, 3.8) is 0 Å². The van der Waals surface area contributed by atoms with E-state index in [1.165, 1.54) is 16.3 Å². The predicted octanol–water partition coefficient (Wildman–Crippen LogP) is 1.92. The average molecular weight is 418 g/mol. The molecule has 3 heterocycles. The Kier molecular flexibility index (Phi) is 5.69. The van der Waals surface area contributed by atoms with Crippen LogP contribution in [0.25, 0.3) is 0 Å². The highest BCUT2D eigenvalue weighted by atomic mass is 35.5. The minimum Gasteiger partial charge on any atom is -0.333 e. The molecule has 0 spiro atoms. The number of sulfone groups is 1. The number of carbonyl (C=O) groups is 2. The highest BCUT2D eigenvalue weighted by Crippen LogP contribution is 2.25. The molecule has 142 valence electrons. The van der Waals surface area contributed by atoms with Gasteiger partial charge in [0, 0.05) is 24.3 Å². The molecule has 2 amide bonds. The van der Waals surface area contributed by atoms with Crippen molar-refractivity contribution >= 4 is 50.3 Å². The van der Waals surface area contributed by atoms with Crippen LogP contribution in [0.2, 0.25) is 4.34 Å². The fourth-order valence-electron chi connectivity index (χ4n) is 3.11. The Morgan fingerprint density at radius 1 is 1.42 bits per heavy atom. The lowest BCUT2D eigenvalue weighted by molar-refractivity contribution is -0.134. The van der Waals surface area contributed by atoms with Crippen molar-refractivity contribution < 1.29 is 18.0 Å². The van der Waals surface area contributed by atoms with E-state index in [1.54, 1.807) is 11.0 Å². The van der Waals surface area contributed by atoms with Gasteiger partial charge in [0.25, 0.3) is 5.91 Å². The first-order valence-electron chi connectivity index (χ1n) is 8.42. The van der Waals surface area contributed by atoms with Crippen LogP contribution >= 0.6 is 22.9 Å². The van der Waals surface area contributed by atoms with Crippen molar-refractivity contribution in [3.05, 3.63) is 21.3 Å². The molecule has 1 saturated heterocycles. The van der Waals surface area contributed by atoms with Crippen molar-refractivity contribution in [2.24, 2.45) is 5.10 Å². The number of amides is 2. The van der Waals surface area contributed by atoms with Crippen molar-refractivity contribution in [3.8, 4) is 0 Å². The maximum atomic E-state index is 12.8. The van der Waals surface area contributed by atoms with Gasteiger partial charge in [-0.15, -0.1) is 11.3 Å². The second kappa shape index (κ2) is 7.66. The Bertz CT molecular complexity index is 849. The van der Waals surface area contributed by atoms with Crippen LogP contribution in [0.15, 0.2) is 17.2 Å². The van der Waals surface area contributed by atoms with E-state index in [9.17, 15) is 18.0 Å². The van der Waals surface area contributed by atoms with Gasteiger partial charge in [-0.2, -0.15) is 5.10 Å². The van der Waals surface area contributed by atoms with Crippen LogP contribution < -0.4 is 0 Å². The number of hydrogen-bond donors (Lipinski definition) is 0. The number of nitrogens with zero attached hydrogens (tertiary/aromatic N) is 3. The summed E-state index contributed by atoms with van der Waals surface area (Å²) in [6.07, 6.45) is 0.809. The maximum absolute atomic E-state index is 12.8. The molecule has 26 heavy (non-hydrogen) atoms. The molecule has 0 bridgehead atoms. The average Bonchev–Trinajstić information content (AvgIpc) is 3.17. The van der Waals surface area contributed by atoms with Gasteiger partial charge in [0.1, 0.15) is 5.71 Å². The SMILES string of the molecule is CCN(Cc1ccc(Cl)s1)C(=O)C1=NN(C2CCS(=O)(=O)C2)C(=O)CC1. The van der Waals surface area contributed by atoms with Crippen LogP contribution in [-0.4, -0.2) is 59.9 Å². The summed E-state index contributed by atoms with van der Waals surface area (Å²) in [6.45, 7) is 2.81. The monoisotopic (exact) mass is 417 g/mol. The molecule has 10 heteroatoms. The zero-order chi connectivity index (χ0) is 18.9. The van der Waals surface area contributed by atoms with E-state index in [-0.39, 0.29) is 36.2 Å². The van der Waals surface area contributed by atoms with E-state index >= 15 is 0 Å². The molecule has 2 aliphatic heterocycles. The Balaban J connectivity index is 1.76. The van der Waals surface area contributed by atoms with Gasteiger partial charge in [-0.05, 0) is 25.5 Å². The van der Waals surface area contributed by atoms with E-state index in [1.807, 2.05) is 13.0 Å². The normalized spacial score (nSPS) is 22.4. The van der Waals surface area contributed by atoms with Gasteiger partial charge in [-0.1, -0.05) is 11.6 Å². The van der Waals surface area contributed by atoms with Crippen molar-refractivity contribution in [1.82, 2.24) is 9.91 Å². The number of thiophene rings is 1. The van der Waals surface area contributed by atoms with Crippen LogP contribution in [0.4, 0.5) is 0 Å². The molecule has 1 unspecified atom stereocenters. The van der Waals surface area contributed by atoms with Gasteiger partial charge in [-0.3, -0.25) is 9.59 Å². The summed E-state index contributed by atoms with van der Waals surface area (Å²) in [5, 5.41) is 5.47. The van der Waals surface area contributed by atoms with Gasteiger partial charge < -0.3 is 4.90 Å². The molecule has 1 aromatic heterocycles. The zero-order valence-electron chi connectivity index (χ0n) is 14.4. The molecule has 0 aliphatic carbocycles. The van der Waals surface area contributed by atoms with Gasteiger partial charge in [0.2, 0.25) is 5.91 Å². The van der Waals surface area contributed by atoms with E-state index in [0.717, 1.165) is 4.88 Å². The molecule has 0 aromatic carbocycles. The summed E-state index contributed by atoms with van der Waals surface area (Å²) in [4.78, 5) is 27.6. The molecule has 2 aliphatic rings. The van der Waals surface area contributed by atoms with Crippen molar-refractivity contribution in [1.29, 1.82) is 0 Å². The third-order valence-corrected chi connectivity index (χ3v) is 7.47. The highest BCUT2D eigenvalue weighted by molar-refractivity contribution is 7.91. The smallest absolute Gasteiger partial charge is 0.270 e. The first kappa shape index (κ1) is 19.3. The van der Waals surface area contributed by atoms with Gasteiger partial charge >= 0.3 is 0 Å². The summed E-state index contributed by atoms with van der Waals surface area (Å²) in [5.41, 5.74) is 0.304. The second-order valence-corrected chi connectivity index (χ2v) is 10.4. The Labute approximate surface area is 161 Å². The Morgan fingerprint density at radius 3 is 2.77 bits per heavy atom. The molecule has 7 nitrogen and oxygen atoms in total. The molecule has 1 fully saturated rings. The van der Waals surface area contributed by atoms with Crippen LogP contribution in [0.3, 0.4) is 0 Å². The fourth-order valence-corrected chi connectivity index (χ4v) is 5.91. The summed E-state index contributed by atoms with van der Waals surface area (Å²) in [7, 11) is -3.13. The largest absolute Gasteiger partial charge is 0.333 e. The van der Waals surface area contributed by atoms with E-state index in [0.29, 0.717) is 29.6 Å². The highest BCUT2D eigenvalue weighted by Gasteiger charge is 2.37. The molecule has 1 atom stereocenters. The topological polar surface area (TPSA) is 87.1 Å². The van der Waals surface area contributed by atoms with Gasteiger partial charge in [0.05, 0.1) is 28.4 Å². The summed E-state index contributed by atoms with van der Waals surface area (Å²) in [5.74, 6) is -0.484.